The van der Waals surface area contributed by atoms with Crippen molar-refractivity contribution in [2.24, 2.45) is 11.8 Å². The number of carbonyl (C=O) groups is 1. The Balaban J connectivity index is 2.44. The molecule has 0 radical (unpaired) electrons. The summed E-state index contributed by atoms with van der Waals surface area (Å²) in [4.78, 5) is 14.6. The van der Waals surface area contributed by atoms with E-state index in [4.69, 9.17) is 4.74 Å². The molecule has 0 spiro atoms. The first-order chi connectivity index (χ1) is 9.91. The standard InChI is InChI=1S/C17H34N2O2/c1-6-9-18-17(4,16(20)21-5)8-7-10-19-12-14(2)11-15(3)13-19/h14-15,18H,6-13H2,1-5H3. The van der Waals surface area contributed by atoms with Crippen molar-refractivity contribution in [1.82, 2.24) is 10.2 Å². The average molecular weight is 298 g/mol. The Kier molecular flexibility index (Phi) is 7.67. The lowest BCUT2D eigenvalue weighted by Crippen LogP contribution is -2.51. The van der Waals surface area contributed by atoms with Gasteiger partial charge in [-0.25, -0.2) is 0 Å². The molecule has 4 heteroatoms. The van der Waals surface area contributed by atoms with Crippen molar-refractivity contribution in [2.75, 3.05) is 33.3 Å². The summed E-state index contributed by atoms with van der Waals surface area (Å²) in [6.45, 7) is 13.1. The molecular formula is C17H34N2O2. The molecule has 0 aromatic rings. The third-order valence-electron chi connectivity index (χ3n) is 4.50. The molecule has 3 unspecified atom stereocenters. The van der Waals surface area contributed by atoms with Crippen LogP contribution >= 0.6 is 0 Å². The molecular weight excluding hydrogens is 264 g/mol. The van der Waals surface area contributed by atoms with Gasteiger partial charge < -0.3 is 15.0 Å². The monoisotopic (exact) mass is 298 g/mol. The summed E-state index contributed by atoms with van der Waals surface area (Å²) < 4.78 is 4.97. The van der Waals surface area contributed by atoms with Crippen molar-refractivity contribution < 1.29 is 9.53 Å². The Morgan fingerprint density at radius 1 is 1.33 bits per heavy atom. The fourth-order valence-electron chi connectivity index (χ4n) is 3.52. The first-order valence-corrected chi connectivity index (χ1v) is 8.47. The van der Waals surface area contributed by atoms with Crippen LogP contribution in [-0.4, -0.2) is 49.7 Å². The third-order valence-corrected chi connectivity index (χ3v) is 4.50. The minimum Gasteiger partial charge on any atom is -0.468 e. The van der Waals surface area contributed by atoms with Gasteiger partial charge in [-0.3, -0.25) is 4.79 Å². The number of likely N-dealkylation sites (tertiary alicyclic amines) is 1. The molecule has 0 saturated carbocycles. The molecule has 1 fully saturated rings. The van der Waals surface area contributed by atoms with Gasteiger partial charge in [0.15, 0.2) is 0 Å². The van der Waals surface area contributed by atoms with Crippen molar-refractivity contribution >= 4 is 5.97 Å². The van der Waals surface area contributed by atoms with E-state index in [-0.39, 0.29) is 5.97 Å². The van der Waals surface area contributed by atoms with Gasteiger partial charge in [0.25, 0.3) is 0 Å². The summed E-state index contributed by atoms with van der Waals surface area (Å²) in [5, 5.41) is 3.36. The third kappa shape index (κ3) is 5.95. The summed E-state index contributed by atoms with van der Waals surface area (Å²) in [5.74, 6) is 1.44. The molecule has 1 saturated heterocycles. The van der Waals surface area contributed by atoms with E-state index in [1.807, 2.05) is 6.92 Å². The Morgan fingerprint density at radius 3 is 2.48 bits per heavy atom. The topological polar surface area (TPSA) is 41.6 Å². The van der Waals surface area contributed by atoms with Crippen LogP contribution in [0.2, 0.25) is 0 Å². The van der Waals surface area contributed by atoms with E-state index < -0.39 is 5.54 Å². The van der Waals surface area contributed by atoms with Crippen molar-refractivity contribution in [3.63, 3.8) is 0 Å². The maximum Gasteiger partial charge on any atom is 0.325 e. The van der Waals surface area contributed by atoms with Crippen LogP contribution in [0.3, 0.4) is 0 Å². The highest BCUT2D eigenvalue weighted by Crippen LogP contribution is 2.22. The summed E-state index contributed by atoms with van der Waals surface area (Å²) in [7, 11) is 1.47. The van der Waals surface area contributed by atoms with E-state index in [1.54, 1.807) is 0 Å². The van der Waals surface area contributed by atoms with Crippen LogP contribution < -0.4 is 5.32 Å². The van der Waals surface area contributed by atoms with Crippen LogP contribution in [0.1, 0.15) is 53.4 Å². The largest absolute Gasteiger partial charge is 0.468 e. The maximum absolute atomic E-state index is 12.0. The van der Waals surface area contributed by atoms with Crippen LogP contribution in [0.5, 0.6) is 0 Å². The van der Waals surface area contributed by atoms with Gasteiger partial charge in [-0.1, -0.05) is 20.8 Å². The predicted molar refractivity (Wildman–Crippen MR) is 87.3 cm³/mol. The number of hydrogen-bond acceptors (Lipinski definition) is 4. The lowest BCUT2D eigenvalue weighted by atomic mass is 9.91. The summed E-state index contributed by atoms with van der Waals surface area (Å²) in [6.07, 6.45) is 4.23. The second-order valence-electron chi connectivity index (χ2n) is 7.06. The lowest BCUT2D eigenvalue weighted by Gasteiger charge is -2.36. The smallest absolute Gasteiger partial charge is 0.325 e. The number of methoxy groups -OCH3 is 1. The van der Waals surface area contributed by atoms with E-state index in [0.717, 1.165) is 44.2 Å². The van der Waals surface area contributed by atoms with Gasteiger partial charge in [-0.2, -0.15) is 0 Å². The highest BCUT2D eigenvalue weighted by Gasteiger charge is 2.33. The number of ether oxygens (including phenoxy) is 1. The molecule has 0 aromatic carbocycles. The maximum atomic E-state index is 12.0. The minimum absolute atomic E-state index is 0.142. The average Bonchev–Trinajstić information content (AvgIpc) is 2.43. The van der Waals surface area contributed by atoms with Crippen molar-refractivity contribution in [2.45, 2.75) is 58.9 Å². The van der Waals surface area contributed by atoms with Crippen LogP contribution in [-0.2, 0) is 9.53 Å². The molecule has 124 valence electrons. The molecule has 1 heterocycles. The highest BCUT2D eigenvalue weighted by molar-refractivity contribution is 5.80. The second kappa shape index (κ2) is 8.74. The van der Waals surface area contributed by atoms with Crippen molar-refractivity contribution in [3.8, 4) is 0 Å². The fourth-order valence-corrected chi connectivity index (χ4v) is 3.52. The first kappa shape index (κ1) is 18.4. The number of nitrogens with zero attached hydrogens (tertiary/aromatic N) is 1. The number of hydrogen-bond donors (Lipinski definition) is 1. The molecule has 1 N–H and O–H groups in total. The molecule has 4 nitrogen and oxygen atoms in total. The number of rotatable bonds is 8. The minimum atomic E-state index is -0.544. The quantitative estimate of drug-likeness (QED) is 0.700. The molecule has 0 aromatic heterocycles. The Morgan fingerprint density at radius 2 is 1.95 bits per heavy atom. The van der Waals surface area contributed by atoms with Gasteiger partial charge in [0.2, 0.25) is 0 Å². The Hall–Kier alpha value is -0.610. The molecule has 0 bridgehead atoms. The van der Waals surface area contributed by atoms with Crippen molar-refractivity contribution in [1.29, 1.82) is 0 Å². The van der Waals surface area contributed by atoms with Gasteiger partial charge in [-0.15, -0.1) is 0 Å². The first-order valence-electron chi connectivity index (χ1n) is 8.47. The van der Waals surface area contributed by atoms with E-state index in [1.165, 1.54) is 26.6 Å². The van der Waals surface area contributed by atoms with Crippen LogP contribution in [0, 0.1) is 11.8 Å². The molecule has 1 aliphatic heterocycles. The van der Waals surface area contributed by atoms with Gasteiger partial charge in [-0.05, 0) is 57.5 Å². The van der Waals surface area contributed by atoms with Gasteiger partial charge in [0, 0.05) is 13.1 Å². The molecule has 1 aliphatic rings. The Labute approximate surface area is 130 Å². The van der Waals surface area contributed by atoms with E-state index in [2.05, 4.69) is 31.0 Å². The molecule has 21 heavy (non-hydrogen) atoms. The van der Waals surface area contributed by atoms with Gasteiger partial charge in [0.05, 0.1) is 7.11 Å². The van der Waals surface area contributed by atoms with Gasteiger partial charge in [0.1, 0.15) is 5.54 Å². The van der Waals surface area contributed by atoms with E-state index in [9.17, 15) is 4.79 Å². The number of carbonyl (C=O) groups excluding carboxylic acids is 1. The van der Waals surface area contributed by atoms with E-state index >= 15 is 0 Å². The SMILES string of the molecule is CCCNC(C)(CCCN1CC(C)CC(C)C1)C(=O)OC. The molecule has 1 rings (SSSR count). The van der Waals surface area contributed by atoms with E-state index in [0.29, 0.717) is 0 Å². The van der Waals surface area contributed by atoms with Crippen LogP contribution in [0.25, 0.3) is 0 Å². The van der Waals surface area contributed by atoms with Crippen molar-refractivity contribution in [3.05, 3.63) is 0 Å². The molecule has 3 atom stereocenters. The fraction of sp³-hybridized carbons (Fsp3) is 0.941. The summed E-state index contributed by atoms with van der Waals surface area (Å²) in [6, 6.07) is 0. The van der Waals surface area contributed by atoms with Gasteiger partial charge >= 0.3 is 5.97 Å². The molecule has 0 amide bonds. The number of piperidine rings is 1. The number of esters is 1. The zero-order valence-electron chi connectivity index (χ0n) is 14.6. The van der Waals surface area contributed by atoms with Crippen LogP contribution in [0.15, 0.2) is 0 Å². The molecule has 0 aliphatic carbocycles. The summed E-state index contributed by atoms with van der Waals surface area (Å²) in [5.41, 5.74) is -0.544. The summed E-state index contributed by atoms with van der Waals surface area (Å²) >= 11 is 0. The highest BCUT2D eigenvalue weighted by atomic mass is 16.5. The lowest BCUT2D eigenvalue weighted by molar-refractivity contribution is -0.148. The predicted octanol–water partition coefficient (Wildman–Crippen LogP) is 2.68. The second-order valence-corrected chi connectivity index (χ2v) is 7.06. The normalized spacial score (nSPS) is 26.3. The number of nitrogens with one attached hydrogen (secondary N) is 1. The zero-order valence-corrected chi connectivity index (χ0v) is 14.6. The Bertz CT molecular complexity index is 312. The zero-order chi connectivity index (χ0) is 15.9. The van der Waals surface area contributed by atoms with Crippen LogP contribution in [0.4, 0.5) is 0 Å².